The number of fused-ring (bicyclic) bond motifs is 4. The van der Waals surface area contributed by atoms with Gasteiger partial charge >= 0.3 is 5.97 Å². The molecular weight excluding hydrogens is 544 g/mol. The molecule has 1 aromatic carbocycles. The first kappa shape index (κ1) is 28.2. The molecule has 4 aliphatic heterocycles. The number of phenolic OH excluding ortho intramolecular Hbond substituents is 2. The molecule has 2 fully saturated rings. The Labute approximate surface area is 233 Å². The average Bonchev–Trinajstić information content (AvgIpc) is 2.89. The number of rotatable bonds is 4. The lowest BCUT2D eigenvalue weighted by Crippen LogP contribution is -2.67. The van der Waals surface area contributed by atoms with Crippen molar-refractivity contribution in [1.82, 2.24) is 0 Å². The molecule has 0 radical (unpaired) electrons. The van der Waals surface area contributed by atoms with E-state index in [-0.39, 0.29) is 28.7 Å². The number of Topliss-reactive ketones (excluding diaryl/α,β-unsaturated/α-hetero) is 2. The van der Waals surface area contributed by atoms with Gasteiger partial charge in [0.2, 0.25) is 0 Å². The molecule has 0 saturated carbocycles. The Morgan fingerprint density at radius 2 is 1.63 bits per heavy atom. The fourth-order valence-corrected chi connectivity index (χ4v) is 7.01. The van der Waals surface area contributed by atoms with Crippen molar-refractivity contribution in [2.75, 3.05) is 0 Å². The summed E-state index contributed by atoms with van der Waals surface area (Å²) in [4.78, 5) is 39.4. The van der Waals surface area contributed by atoms with Gasteiger partial charge in [-0.1, -0.05) is 0 Å². The maximum atomic E-state index is 14.1. The van der Waals surface area contributed by atoms with Crippen molar-refractivity contribution in [2.24, 2.45) is 0 Å². The Morgan fingerprint density at radius 1 is 0.976 bits per heavy atom. The first-order valence-corrected chi connectivity index (χ1v) is 13.6. The summed E-state index contributed by atoms with van der Waals surface area (Å²) in [6.45, 7) is 4.67. The fraction of sp³-hybridized carbons (Fsp3) is 0.607. The van der Waals surface area contributed by atoms with Crippen molar-refractivity contribution in [3.8, 4) is 11.5 Å². The lowest BCUT2D eigenvalue weighted by Gasteiger charge is -2.54. The van der Waals surface area contributed by atoms with Gasteiger partial charge in [-0.05, 0) is 27.2 Å². The summed E-state index contributed by atoms with van der Waals surface area (Å²) in [5.41, 5.74) is -4.17. The minimum absolute atomic E-state index is 0.0172. The van der Waals surface area contributed by atoms with Gasteiger partial charge in [0, 0.05) is 35.1 Å². The molecule has 13 heteroatoms. The minimum Gasteiger partial charge on any atom is -0.507 e. The number of phenols is 2. The first-order valence-electron chi connectivity index (χ1n) is 13.6. The van der Waals surface area contributed by atoms with Crippen molar-refractivity contribution in [3.05, 3.63) is 33.4 Å². The van der Waals surface area contributed by atoms with E-state index >= 15 is 0 Å². The number of carboxylic acids is 1. The number of ketones is 2. The summed E-state index contributed by atoms with van der Waals surface area (Å²) in [6.07, 6.45) is -8.96. The van der Waals surface area contributed by atoms with E-state index in [0.717, 1.165) is 0 Å². The number of carbonyl (C=O) groups is 3. The topological polar surface area (TPSA) is 210 Å². The molecule has 0 unspecified atom stereocenters. The van der Waals surface area contributed by atoms with Gasteiger partial charge in [-0.3, -0.25) is 14.4 Å². The highest BCUT2D eigenvalue weighted by Crippen LogP contribution is 2.56. The smallest absolute Gasteiger partial charge is 0.306 e. The molecule has 0 amide bonds. The number of ether oxygens (including phenoxy) is 4. The Hall–Kier alpha value is -2.91. The molecular formula is C28H32O13. The molecule has 2 bridgehead atoms. The molecule has 0 aromatic heterocycles. The molecule has 7 rings (SSSR count). The van der Waals surface area contributed by atoms with Crippen molar-refractivity contribution in [2.45, 2.75) is 107 Å². The monoisotopic (exact) mass is 576 g/mol. The van der Waals surface area contributed by atoms with Crippen molar-refractivity contribution in [3.63, 3.8) is 0 Å². The van der Waals surface area contributed by atoms with Crippen LogP contribution in [0.2, 0.25) is 0 Å². The molecule has 2 aliphatic carbocycles. The van der Waals surface area contributed by atoms with Gasteiger partial charge in [0.25, 0.3) is 0 Å². The molecule has 222 valence electrons. The Morgan fingerprint density at radius 3 is 2.29 bits per heavy atom. The lowest BCUT2D eigenvalue weighted by atomic mass is 9.63. The van der Waals surface area contributed by atoms with Crippen LogP contribution in [-0.4, -0.2) is 96.7 Å². The number of aliphatic hydroxyl groups is 3. The van der Waals surface area contributed by atoms with Crippen LogP contribution in [0.3, 0.4) is 0 Å². The lowest BCUT2D eigenvalue weighted by molar-refractivity contribution is -0.291. The molecule has 0 spiro atoms. The van der Waals surface area contributed by atoms with Crippen LogP contribution in [0.15, 0.2) is 11.1 Å². The zero-order valence-corrected chi connectivity index (χ0v) is 22.6. The van der Waals surface area contributed by atoms with E-state index in [1.54, 1.807) is 6.92 Å². The summed E-state index contributed by atoms with van der Waals surface area (Å²) >= 11 is 0. The average molecular weight is 577 g/mol. The summed E-state index contributed by atoms with van der Waals surface area (Å²) in [6, 6.07) is 0. The third kappa shape index (κ3) is 3.91. The predicted molar refractivity (Wildman–Crippen MR) is 134 cm³/mol. The normalized spacial score (nSPS) is 39.8. The maximum Gasteiger partial charge on any atom is 0.306 e. The van der Waals surface area contributed by atoms with Crippen LogP contribution >= 0.6 is 0 Å². The van der Waals surface area contributed by atoms with Crippen LogP contribution in [0.25, 0.3) is 0 Å². The number of carboxylic acid groups (broad SMARTS) is 1. The van der Waals surface area contributed by atoms with Gasteiger partial charge < -0.3 is 49.6 Å². The van der Waals surface area contributed by atoms with Crippen LogP contribution in [0.4, 0.5) is 0 Å². The number of carbonyl (C=O) groups excluding carboxylic acids is 2. The van der Waals surface area contributed by atoms with Gasteiger partial charge in [0.15, 0.2) is 17.9 Å². The summed E-state index contributed by atoms with van der Waals surface area (Å²) in [7, 11) is 0. The van der Waals surface area contributed by atoms with Gasteiger partial charge in [0.05, 0.1) is 60.3 Å². The van der Waals surface area contributed by atoms with Crippen LogP contribution in [0, 0.1) is 0 Å². The van der Waals surface area contributed by atoms with Crippen LogP contribution < -0.4 is 0 Å². The second-order valence-corrected chi connectivity index (χ2v) is 11.4. The van der Waals surface area contributed by atoms with Crippen LogP contribution in [0.5, 0.6) is 11.5 Å². The van der Waals surface area contributed by atoms with Crippen molar-refractivity contribution in [1.29, 1.82) is 0 Å². The molecule has 13 nitrogen and oxygen atoms in total. The van der Waals surface area contributed by atoms with E-state index in [9.17, 15) is 45.0 Å². The zero-order chi connectivity index (χ0) is 29.7. The standard InChI is InChI=1S/C28H32O13/c1-8-11(29)4-5-16(39-8)41-14-6-12-18-22(28(14,37)10(3)40-12)27(36)21-20(25(18)34)26(35)19-17(24(21)33)9(2)38-13(23(19)32)7-15(30)31/h8-14,16,23,29,32-33,35,37H,4-7H2,1-3H3,(H,30,31)/t8-,9-,10+,11-,12+,13-,14+,16-,23+,28+/m0/s1. The van der Waals surface area contributed by atoms with E-state index in [1.165, 1.54) is 13.8 Å². The summed E-state index contributed by atoms with van der Waals surface area (Å²) < 4.78 is 23.4. The van der Waals surface area contributed by atoms with Crippen LogP contribution in [-0.2, 0) is 23.7 Å². The molecule has 2 saturated heterocycles. The highest BCUT2D eigenvalue weighted by molar-refractivity contribution is 6.30. The number of benzene rings is 1. The summed E-state index contributed by atoms with van der Waals surface area (Å²) in [5, 5.41) is 64.8. The Bertz CT molecular complexity index is 1380. The molecule has 4 heterocycles. The molecule has 1 aromatic rings. The molecule has 6 aliphatic rings. The van der Waals surface area contributed by atoms with E-state index in [0.29, 0.717) is 12.8 Å². The molecule has 6 N–H and O–H groups in total. The number of hydrogen-bond acceptors (Lipinski definition) is 12. The first-order chi connectivity index (χ1) is 19.3. The highest BCUT2D eigenvalue weighted by atomic mass is 16.7. The van der Waals surface area contributed by atoms with E-state index in [4.69, 9.17) is 18.9 Å². The SMILES string of the molecule is C[C@@H]1O[C@@H](CC(=O)O)[C@@H](O)c2c(O)c3c(c(O)c21)C(=O)C1=C(C3=O)[C@H]2C[C@@H](O[C@H]3CC[C@H](O)[C@H](C)O3)[C@]1(O)[C@@H](C)O2. The van der Waals surface area contributed by atoms with E-state index in [2.05, 4.69) is 0 Å². The number of aromatic hydroxyl groups is 2. The maximum absolute atomic E-state index is 14.1. The minimum atomic E-state index is -2.12. The van der Waals surface area contributed by atoms with Gasteiger partial charge in [-0.2, -0.15) is 0 Å². The predicted octanol–water partition coefficient (Wildman–Crippen LogP) is 0.935. The van der Waals surface area contributed by atoms with Gasteiger partial charge in [-0.25, -0.2) is 0 Å². The van der Waals surface area contributed by atoms with Gasteiger partial charge in [0.1, 0.15) is 23.2 Å². The fourth-order valence-electron chi connectivity index (χ4n) is 7.01. The quantitative estimate of drug-likeness (QED) is 0.276. The third-order valence-corrected chi connectivity index (χ3v) is 9.08. The van der Waals surface area contributed by atoms with Gasteiger partial charge in [-0.15, -0.1) is 0 Å². The second-order valence-electron chi connectivity index (χ2n) is 11.4. The van der Waals surface area contributed by atoms with Crippen LogP contribution in [0.1, 0.15) is 90.5 Å². The third-order valence-electron chi connectivity index (χ3n) is 9.08. The van der Waals surface area contributed by atoms with E-state index in [1.807, 2.05) is 0 Å². The van der Waals surface area contributed by atoms with Crippen molar-refractivity contribution >= 4 is 17.5 Å². The molecule has 41 heavy (non-hydrogen) atoms. The number of aliphatic carboxylic acids is 1. The summed E-state index contributed by atoms with van der Waals surface area (Å²) in [5.74, 6) is -4.54. The van der Waals surface area contributed by atoms with E-state index < -0.39 is 107 Å². The largest absolute Gasteiger partial charge is 0.507 e. The Balaban J connectivity index is 1.45. The Kier molecular flexibility index (Phi) is 6.58. The molecule has 10 atom stereocenters. The highest BCUT2D eigenvalue weighted by Gasteiger charge is 2.64. The zero-order valence-electron chi connectivity index (χ0n) is 22.6. The second kappa shape index (κ2) is 9.56. The number of aliphatic hydroxyl groups excluding tert-OH is 2. The van der Waals surface area contributed by atoms with Crippen molar-refractivity contribution < 1.29 is 64.0 Å². The number of hydrogen-bond donors (Lipinski definition) is 6.